The molecule has 0 saturated carbocycles. The molecular formula is C38H46N4O5S. The predicted octanol–water partition coefficient (Wildman–Crippen LogP) is 5.61. The van der Waals surface area contributed by atoms with Crippen LogP contribution in [0.25, 0.3) is 0 Å². The first-order valence-corrected chi connectivity index (χ1v) is 17.8. The normalized spacial score (nSPS) is 14.0. The Kier molecular flexibility index (Phi) is 12.5. The summed E-state index contributed by atoms with van der Waals surface area (Å²) < 4.78 is 27.4. The number of hydrogen-bond acceptors (Lipinski definition) is 6. The standard InChI is InChI=1S/C38H46N4O5S/c1-6-48(46,47)42-34-22-32(37(44)40-28(5)31-18-14-26(3)15-19-31)21-33(23-34)38(45)41-35(20-29-10-8-7-9-11-29)36(43)24-39-27(4)30-16-12-25(2)13-17-30/h7-19,21-23,27-28,35-36,39,42-43H,6,20,24H2,1-5H3,(H,40,44)(H,41,45)/t27-,28-,35+,36-/m1/s1. The van der Waals surface area contributed by atoms with Crippen molar-refractivity contribution in [1.29, 1.82) is 0 Å². The molecule has 4 rings (SSSR count). The number of carbonyl (C=O) groups is 2. The Morgan fingerprint density at radius 2 is 1.25 bits per heavy atom. The van der Waals surface area contributed by atoms with Crippen LogP contribution in [0, 0.1) is 13.8 Å². The molecule has 0 aliphatic carbocycles. The van der Waals surface area contributed by atoms with Crippen LogP contribution in [0.2, 0.25) is 0 Å². The number of aryl methyl sites for hydroxylation is 2. The largest absolute Gasteiger partial charge is 0.390 e. The smallest absolute Gasteiger partial charge is 0.251 e. The van der Waals surface area contributed by atoms with E-state index < -0.39 is 34.0 Å². The van der Waals surface area contributed by atoms with Gasteiger partial charge in [-0.25, -0.2) is 8.42 Å². The molecule has 0 aliphatic heterocycles. The van der Waals surface area contributed by atoms with Crippen molar-refractivity contribution in [2.45, 2.75) is 65.3 Å². The Bertz CT molecular complexity index is 1780. The zero-order valence-electron chi connectivity index (χ0n) is 28.2. The van der Waals surface area contributed by atoms with Crippen molar-refractivity contribution in [2.24, 2.45) is 0 Å². The van der Waals surface area contributed by atoms with Gasteiger partial charge in [-0.1, -0.05) is 90.0 Å². The van der Waals surface area contributed by atoms with E-state index in [4.69, 9.17) is 0 Å². The minimum atomic E-state index is -3.71. The van der Waals surface area contributed by atoms with Gasteiger partial charge in [0.1, 0.15) is 0 Å². The minimum absolute atomic E-state index is 0.0417. The summed E-state index contributed by atoms with van der Waals surface area (Å²) in [4.78, 5) is 27.3. The number of carbonyl (C=O) groups excluding carboxylic acids is 2. The van der Waals surface area contributed by atoms with E-state index >= 15 is 0 Å². The lowest BCUT2D eigenvalue weighted by molar-refractivity contribution is 0.0825. The van der Waals surface area contributed by atoms with E-state index in [1.807, 2.05) is 107 Å². The van der Waals surface area contributed by atoms with Crippen molar-refractivity contribution < 1.29 is 23.1 Å². The molecule has 0 aliphatic rings. The first-order chi connectivity index (χ1) is 22.8. The maximum absolute atomic E-state index is 13.8. The topological polar surface area (TPSA) is 137 Å². The second-order valence-electron chi connectivity index (χ2n) is 12.3. The summed E-state index contributed by atoms with van der Waals surface area (Å²) in [6, 6.07) is 28.6. The predicted molar refractivity (Wildman–Crippen MR) is 192 cm³/mol. The van der Waals surface area contributed by atoms with Gasteiger partial charge >= 0.3 is 0 Å². The highest BCUT2D eigenvalue weighted by molar-refractivity contribution is 7.92. The molecule has 0 bridgehead atoms. The average molecular weight is 671 g/mol. The molecule has 0 radical (unpaired) electrons. The van der Waals surface area contributed by atoms with Crippen molar-refractivity contribution in [1.82, 2.24) is 16.0 Å². The molecule has 0 aromatic heterocycles. The fraction of sp³-hybridized carbons (Fsp3) is 0.316. The molecule has 4 aromatic carbocycles. The van der Waals surface area contributed by atoms with Gasteiger partial charge in [-0.3, -0.25) is 14.3 Å². The highest BCUT2D eigenvalue weighted by Crippen LogP contribution is 2.20. The van der Waals surface area contributed by atoms with E-state index in [1.165, 1.54) is 25.1 Å². The first kappa shape index (κ1) is 36.3. The maximum Gasteiger partial charge on any atom is 0.251 e. The zero-order chi connectivity index (χ0) is 34.8. The molecule has 0 spiro atoms. The lowest BCUT2D eigenvalue weighted by Crippen LogP contribution is -2.49. The zero-order valence-corrected chi connectivity index (χ0v) is 29.0. The molecule has 0 heterocycles. The van der Waals surface area contributed by atoms with Gasteiger partial charge in [0.15, 0.2) is 0 Å². The molecule has 4 atom stereocenters. The number of rotatable bonds is 15. The summed E-state index contributed by atoms with van der Waals surface area (Å²) in [7, 11) is -3.71. The fourth-order valence-corrected chi connectivity index (χ4v) is 5.86. The van der Waals surface area contributed by atoms with Gasteiger partial charge in [-0.15, -0.1) is 0 Å². The summed E-state index contributed by atoms with van der Waals surface area (Å²) in [5.41, 5.74) is 5.42. The van der Waals surface area contributed by atoms with Gasteiger partial charge in [-0.05, 0) is 75.9 Å². The summed E-state index contributed by atoms with van der Waals surface area (Å²) in [6.45, 7) is 9.57. The van der Waals surface area contributed by atoms with E-state index in [2.05, 4.69) is 20.7 Å². The van der Waals surface area contributed by atoms with Crippen LogP contribution < -0.4 is 20.7 Å². The van der Waals surface area contributed by atoms with Gasteiger partial charge in [0.25, 0.3) is 11.8 Å². The van der Waals surface area contributed by atoms with E-state index in [1.54, 1.807) is 0 Å². The van der Waals surface area contributed by atoms with Crippen LogP contribution in [0.15, 0.2) is 97.1 Å². The molecule has 254 valence electrons. The molecular weight excluding hydrogens is 625 g/mol. The third-order valence-corrected chi connectivity index (χ3v) is 9.63. The Morgan fingerprint density at radius 1 is 0.729 bits per heavy atom. The monoisotopic (exact) mass is 670 g/mol. The second-order valence-corrected chi connectivity index (χ2v) is 14.3. The molecule has 48 heavy (non-hydrogen) atoms. The lowest BCUT2D eigenvalue weighted by Gasteiger charge is -2.26. The number of aliphatic hydroxyl groups excluding tert-OH is 1. The molecule has 9 nitrogen and oxygen atoms in total. The number of nitrogens with one attached hydrogen (secondary N) is 4. The summed E-state index contributed by atoms with van der Waals surface area (Å²) in [5, 5.41) is 20.6. The van der Waals surface area contributed by atoms with Crippen molar-refractivity contribution in [3.05, 3.63) is 136 Å². The van der Waals surface area contributed by atoms with Crippen LogP contribution in [0.5, 0.6) is 0 Å². The van der Waals surface area contributed by atoms with Crippen LogP contribution >= 0.6 is 0 Å². The third-order valence-electron chi connectivity index (χ3n) is 8.33. The van der Waals surface area contributed by atoms with Crippen LogP contribution in [0.4, 0.5) is 5.69 Å². The molecule has 10 heteroatoms. The van der Waals surface area contributed by atoms with Crippen molar-refractivity contribution in [3.63, 3.8) is 0 Å². The second kappa shape index (κ2) is 16.5. The van der Waals surface area contributed by atoms with E-state index in [0.29, 0.717) is 6.42 Å². The molecule has 5 N–H and O–H groups in total. The van der Waals surface area contributed by atoms with E-state index in [0.717, 1.165) is 27.8 Å². The van der Waals surface area contributed by atoms with Crippen molar-refractivity contribution >= 4 is 27.5 Å². The first-order valence-electron chi connectivity index (χ1n) is 16.2. The fourth-order valence-electron chi connectivity index (χ4n) is 5.23. The van der Waals surface area contributed by atoms with E-state index in [9.17, 15) is 23.1 Å². The van der Waals surface area contributed by atoms with Gasteiger partial charge in [0, 0.05) is 23.7 Å². The Balaban J connectivity index is 1.58. The van der Waals surface area contributed by atoms with Gasteiger partial charge in [0.2, 0.25) is 10.0 Å². The Labute approximate surface area is 284 Å². The molecule has 0 fully saturated rings. The third kappa shape index (κ3) is 10.5. The lowest BCUT2D eigenvalue weighted by atomic mass is 9.99. The van der Waals surface area contributed by atoms with E-state index in [-0.39, 0.29) is 41.2 Å². The van der Waals surface area contributed by atoms with Crippen LogP contribution in [-0.2, 0) is 16.4 Å². The minimum Gasteiger partial charge on any atom is -0.390 e. The van der Waals surface area contributed by atoms with Crippen LogP contribution in [-0.4, -0.2) is 49.8 Å². The molecule has 0 saturated heterocycles. The quantitative estimate of drug-likeness (QED) is 0.112. The van der Waals surface area contributed by atoms with Gasteiger partial charge < -0.3 is 21.1 Å². The summed E-state index contributed by atoms with van der Waals surface area (Å²) in [6.07, 6.45) is -0.625. The molecule has 4 aromatic rings. The number of benzene rings is 4. The highest BCUT2D eigenvalue weighted by atomic mass is 32.2. The molecule has 0 unspecified atom stereocenters. The number of anilines is 1. The number of aliphatic hydroxyl groups is 1. The van der Waals surface area contributed by atoms with Gasteiger partial charge in [0.05, 0.1) is 29.6 Å². The molecule has 2 amide bonds. The SMILES string of the molecule is CCS(=O)(=O)Nc1cc(C(=O)N[C@@H](Cc2ccccc2)[C@H](O)CN[C@H](C)c2ccc(C)cc2)cc(C(=O)N[C@H](C)c2ccc(C)cc2)c1. The van der Waals surface area contributed by atoms with Crippen molar-refractivity contribution in [3.8, 4) is 0 Å². The number of hydrogen-bond donors (Lipinski definition) is 5. The summed E-state index contributed by atoms with van der Waals surface area (Å²) in [5.74, 6) is -1.21. The Morgan fingerprint density at radius 3 is 1.79 bits per heavy atom. The maximum atomic E-state index is 13.8. The Hall–Kier alpha value is -4.51. The van der Waals surface area contributed by atoms with Crippen LogP contribution in [0.3, 0.4) is 0 Å². The highest BCUT2D eigenvalue weighted by Gasteiger charge is 2.25. The summed E-state index contributed by atoms with van der Waals surface area (Å²) >= 11 is 0. The van der Waals surface area contributed by atoms with Gasteiger partial charge in [-0.2, -0.15) is 0 Å². The number of sulfonamides is 1. The van der Waals surface area contributed by atoms with Crippen molar-refractivity contribution in [2.75, 3.05) is 17.0 Å². The van der Waals surface area contributed by atoms with Crippen LogP contribution in [0.1, 0.15) is 81.4 Å². The average Bonchev–Trinajstić information content (AvgIpc) is 3.07. The number of amides is 2.